The molecule has 1 rings (SSSR count). The van der Waals surface area contributed by atoms with E-state index in [0.717, 1.165) is 6.07 Å². The highest BCUT2D eigenvalue weighted by atomic mass is 35.5. The van der Waals surface area contributed by atoms with Crippen molar-refractivity contribution in [2.75, 3.05) is 5.73 Å². The second kappa shape index (κ2) is 3.16. The van der Waals surface area contributed by atoms with Crippen LogP contribution >= 0.6 is 23.2 Å². The Hall–Kier alpha value is -1.00. The second-order valence-electron chi connectivity index (χ2n) is 2.00. The van der Waals surface area contributed by atoms with Gasteiger partial charge in [-0.3, -0.25) is 0 Å². The zero-order valence-electron chi connectivity index (χ0n) is 5.71. The van der Waals surface area contributed by atoms with Crippen LogP contribution in [0, 0.1) is 0 Å². The number of rotatable bonds is 1. The summed E-state index contributed by atoms with van der Waals surface area (Å²) in [4.78, 5) is 14.1. The summed E-state index contributed by atoms with van der Waals surface area (Å²) in [6.45, 7) is 0. The summed E-state index contributed by atoms with van der Waals surface area (Å²) in [7, 11) is 0. The van der Waals surface area contributed by atoms with Gasteiger partial charge in [0.05, 0.1) is 11.3 Å². The maximum atomic E-state index is 10.5. The summed E-state index contributed by atoms with van der Waals surface area (Å²) >= 11 is 10.9. The van der Waals surface area contributed by atoms with Crippen LogP contribution in [0.15, 0.2) is 6.07 Å². The van der Waals surface area contributed by atoms with Gasteiger partial charge in [-0.05, 0) is 6.07 Å². The fourth-order valence-corrected chi connectivity index (χ4v) is 1.10. The van der Waals surface area contributed by atoms with Crippen molar-refractivity contribution in [3.05, 3.63) is 21.9 Å². The largest absolute Gasteiger partial charge is 0.478 e. The lowest BCUT2D eigenvalue weighted by Gasteiger charge is -2.01. The van der Waals surface area contributed by atoms with Crippen LogP contribution in [0.5, 0.6) is 0 Å². The van der Waals surface area contributed by atoms with Crippen molar-refractivity contribution >= 4 is 34.9 Å². The number of hydrogen-bond acceptors (Lipinski definition) is 3. The zero-order valence-corrected chi connectivity index (χ0v) is 7.23. The highest BCUT2D eigenvalue weighted by Gasteiger charge is 2.12. The molecule has 0 saturated heterocycles. The van der Waals surface area contributed by atoms with Crippen LogP contribution in [-0.2, 0) is 0 Å². The van der Waals surface area contributed by atoms with Crippen molar-refractivity contribution in [3.8, 4) is 0 Å². The molecule has 0 amide bonds. The van der Waals surface area contributed by atoms with Crippen molar-refractivity contribution in [3.63, 3.8) is 0 Å². The molecule has 4 nitrogen and oxygen atoms in total. The molecule has 0 unspecified atom stereocenters. The summed E-state index contributed by atoms with van der Waals surface area (Å²) in [5.41, 5.74) is 5.10. The first-order chi connectivity index (χ1) is 5.52. The summed E-state index contributed by atoms with van der Waals surface area (Å²) in [5, 5.41) is 8.50. The zero-order chi connectivity index (χ0) is 9.30. The fourth-order valence-electron chi connectivity index (χ4n) is 0.671. The molecule has 0 aliphatic rings. The van der Waals surface area contributed by atoms with Crippen LogP contribution in [-0.4, -0.2) is 16.1 Å². The number of pyridine rings is 1. The van der Waals surface area contributed by atoms with Gasteiger partial charge < -0.3 is 10.8 Å². The summed E-state index contributed by atoms with van der Waals surface area (Å²) < 4.78 is 0. The Kier molecular flexibility index (Phi) is 2.40. The van der Waals surface area contributed by atoms with Crippen LogP contribution < -0.4 is 5.73 Å². The Morgan fingerprint density at radius 1 is 1.58 bits per heavy atom. The number of nitrogens with two attached hydrogens (primary N) is 1. The van der Waals surface area contributed by atoms with E-state index in [2.05, 4.69) is 4.98 Å². The van der Waals surface area contributed by atoms with Gasteiger partial charge in [0.15, 0.2) is 5.15 Å². The number of carboxylic acids is 1. The molecule has 1 heterocycles. The smallest absolute Gasteiger partial charge is 0.338 e. The van der Waals surface area contributed by atoms with E-state index in [1.54, 1.807) is 0 Å². The minimum Gasteiger partial charge on any atom is -0.478 e. The number of nitrogen functional groups attached to an aromatic ring is 1. The number of halogens is 2. The average Bonchev–Trinajstić information content (AvgIpc) is 1.96. The third kappa shape index (κ3) is 1.60. The molecule has 0 saturated carbocycles. The number of hydrogen-bond donors (Lipinski definition) is 2. The number of nitrogens with zero attached hydrogens (tertiary/aromatic N) is 1. The van der Waals surface area contributed by atoms with Gasteiger partial charge in [0.2, 0.25) is 0 Å². The lowest BCUT2D eigenvalue weighted by molar-refractivity contribution is 0.0698. The van der Waals surface area contributed by atoms with Gasteiger partial charge in [0.25, 0.3) is 0 Å². The van der Waals surface area contributed by atoms with E-state index in [-0.39, 0.29) is 21.6 Å². The molecule has 0 aliphatic heterocycles. The van der Waals surface area contributed by atoms with Crippen molar-refractivity contribution in [1.82, 2.24) is 4.98 Å². The third-order valence-electron chi connectivity index (χ3n) is 1.21. The van der Waals surface area contributed by atoms with Crippen molar-refractivity contribution in [2.45, 2.75) is 0 Å². The third-order valence-corrected chi connectivity index (χ3v) is 1.69. The quantitative estimate of drug-likeness (QED) is 0.686. The van der Waals surface area contributed by atoms with Gasteiger partial charge in [-0.2, -0.15) is 0 Å². The predicted octanol–water partition coefficient (Wildman–Crippen LogP) is 1.67. The molecule has 3 N–H and O–H groups in total. The van der Waals surface area contributed by atoms with Crippen LogP contribution in [0.4, 0.5) is 5.69 Å². The fraction of sp³-hybridized carbons (Fsp3) is 0. The van der Waals surface area contributed by atoms with Crippen LogP contribution in [0.25, 0.3) is 0 Å². The molecule has 0 spiro atoms. The Morgan fingerprint density at radius 2 is 2.17 bits per heavy atom. The molecule has 12 heavy (non-hydrogen) atoms. The number of aromatic nitrogens is 1. The molecule has 1 aromatic heterocycles. The molecule has 64 valence electrons. The minimum absolute atomic E-state index is 0.00611. The highest BCUT2D eigenvalue weighted by molar-refractivity contribution is 6.35. The van der Waals surface area contributed by atoms with Crippen LogP contribution in [0.3, 0.4) is 0 Å². The molecule has 0 fully saturated rings. The monoisotopic (exact) mass is 206 g/mol. The molecule has 0 bridgehead atoms. The summed E-state index contributed by atoms with van der Waals surface area (Å²) in [5.74, 6) is -1.18. The van der Waals surface area contributed by atoms with E-state index in [1.807, 2.05) is 0 Å². The van der Waals surface area contributed by atoms with Crippen LogP contribution in [0.2, 0.25) is 10.3 Å². The number of carbonyl (C=O) groups is 1. The van der Waals surface area contributed by atoms with E-state index in [0.29, 0.717) is 0 Å². The van der Waals surface area contributed by atoms with Gasteiger partial charge >= 0.3 is 5.97 Å². The molecule has 0 atom stereocenters. The number of carboxylic acid groups (broad SMARTS) is 1. The van der Waals surface area contributed by atoms with Gasteiger partial charge in [-0.25, -0.2) is 9.78 Å². The molecular weight excluding hydrogens is 203 g/mol. The first-order valence-electron chi connectivity index (χ1n) is 2.87. The Bertz CT molecular complexity index is 341. The van der Waals surface area contributed by atoms with Crippen molar-refractivity contribution in [2.24, 2.45) is 0 Å². The SMILES string of the molecule is Nc1c(C(=O)O)cc(Cl)nc1Cl. The maximum absolute atomic E-state index is 10.5. The molecule has 0 aliphatic carbocycles. The highest BCUT2D eigenvalue weighted by Crippen LogP contribution is 2.23. The lowest BCUT2D eigenvalue weighted by Crippen LogP contribution is -2.04. The molecular formula is C6H4Cl2N2O2. The van der Waals surface area contributed by atoms with Gasteiger partial charge in [-0.15, -0.1) is 0 Å². The van der Waals surface area contributed by atoms with Crippen molar-refractivity contribution < 1.29 is 9.90 Å². The lowest BCUT2D eigenvalue weighted by atomic mass is 10.2. The van der Waals surface area contributed by atoms with Crippen molar-refractivity contribution in [1.29, 1.82) is 0 Å². The summed E-state index contributed by atoms with van der Waals surface area (Å²) in [6.07, 6.45) is 0. The van der Waals surface area contributed by atoms with E-state index in [1.165, 1.54) is 0 Å². The van der Waals surface area contributed by atoms with E-state index in [4.69, 9.17) is 34.0 Å². The first-order valence-corrected chi connectivity index (χ1v) is 3.62. The van der Waals surface area contributed by atoms with Gasteiger partial charge in [-0.1, -0.05) is 23.2 Å². The normalized spacial score (nSPS) is 9.83. The summed E-state index contributed by atoms with van der Waals surface area (Å²) in [6, 6.07) is 1.14. The molecule has 0 aromatic carbocycles. The molecule has 6 heteroatoms. The molecule has 1 aromatic rings. The predicted molar refractivity (Wildman–Crippen MR) is 45.6 cm³/mol. The van der Waals surface area contributed by atoms with Gasteiger partial charge in [0, 0.05) is 0 Å². The first kappa shape index (κ1) is 9.09. The Balaban J connectivity index is 3.37. The number of anilines is 1. The van der Waals surface area contributed by atoms with E-state index >= 15 is 0 Å². The minimum atomic E-state index is -1.18. The average molecular weight is 207 g/mol. The van der Waals surface area contributed by atoms with E-state index in [9.17, 15) is 4.79 Å². The van der Waals surface area contributed by atoms with E-state index < -0.39 is 5.97 Å². The maximum Gasteiger partial charge on any atom is 0.338 e. The Labute approximate surface area is 77.9 Å². The Morgan fingerprint density at radius 3 is 2.67 bits per heavy atom. The number of aromatic carboxylic acids is 1. The topological polar surface area (TPSA) is 76.2 Å². The molecule has 0 radical (unpaired) electrons. The van der Waals surface area contributed by atoms with Gasteiger partial charge in [0.1, 0.15) is 5.15 Å². The standard InChI is InChI=1S/C6H4Cl2N2O2/c7-3-1-2(6(11)12)4(9)5(8)10-3/h1H,9H2,(H,11,12). The van der Waals surface area contributed by atoms with Crippen LogP contribution in [0.1, 0.15) is 10.4 Å². The second-order valence-corrected chi connectivity index (χ2v) is 2.75.